The van der Waals surface area contributed by atoms with E-state index in [1.165, 1.54) is 6.20 Å². The summed E-state index contributed by atoms with van der Waals surface area (Å²) in [6.07, 6.45) is 9.05. The van der Waals surface area contributed by atoms with Crippen molar-refractivity contribution >= 4 is 28.5 Å². The van der Waals surface area contributed by atoms with Crippen LogP contribution in [0.4, 0.5) is 10.2 Å². The Hall–Kier alpha value is -3.04. The maximum atomic E-state index is 14.3. The maximum absolute atomic E-state index is 14.3. The van der Waals surface area contributed by atoms with E-state index >= 15 is 0 Å². The first kappa shape index (κ1) is 20.2. The quantitative estimate of drug-likeness (QED) is 0.374. The number of pyridine rings is 1. The molecule has 0 aliphatic heterocycles. The summed E-state index contributed by atoms with van der Waals surface area (Å²) in [6.45, 7) is 5.02. The highest BCUT2D eigenvalue weighted by atomic mass is 35.5. The largest absolute Gasteiger partial charge is 0.366 e. The molecule has 0 saturated heterocycles. The molecule has 4 aromatic rings. The summed E-state index contributed by atoms with van der Waals surface area (Å²) in [5.74, 6) is 0.974. The lowest BCUT2D eigenvalue weighted by atomic mass is 10.2. The van der Waals surface area contributed by atoms with Gasteiger partial charge in [0.1, 0.15) is 11.5 Å². The summed E-state index contributed by atoms with van der Waals surface area (Å²) in [5.41, 5.74) is 1.39. The third-order valence-corrected chi connectivity index (χ3v) is 4.88. The minimum absolute atomic E-state index is 0.166. The van der Waals surface area contributed by atoms with Crippen LogP contribution in [0, 0.1) is 5.82 Å². The first-order chi connectivity index (χ1) is 14.6. The van der Waals surface area contributed by atoms with Crippen molar-refractivity contribution in [3.63, 3.8) is 0 Å². The van der Waals surface area contributed by atoms with Gasteiger partial charge in [-0.15, -0.1) is 0 Å². The van der Waals surface area contributed by atoms with E-state index < -0.39 is 5.82 Å². The highest BCUT2D eigenvalue weighted by Gasteiger charge is 2.14. The number of nitrogens with one attached hydrogen (secondary N) is 3. The molecule has 0 amide bonds. The van der Waals surface area contributed by atoms with Crippen LogP contribution in [-0.2, 0) is 6.54 Å². The summed E-state index contributed by atoms with van der Waals surface area (Å²) in [6, 6.07) is 1.78. The number of anilines is 1. The molecular formula is C20H22ClFN8. The summed E-state index contributed by atoms with van der Waals surface area (Å²) >= 11 is 6.07. The summed E-state index contributed by atoms with van der Waals surface area (Å²) < 4.78 is 14.3. The van der Waals surface area contributed by atoms with Crippen LogP contribution in [0.3, 0.4) is 0 Å². The fourth-order valence-corrected chi connectivity index (χ4v) is 3.46. The van der Waals surface area contributed by atoms with Crippen LogP contribution in [0.1, 0.15) is 19.2 Å². The third kappa shape index (κ3) is 4.58. The molecule has 0 radical (unpaired) electrons. The fourth-order valence-electron chi connectivity index (χ4n) is 3.30. The number of H-pyrrole nitrogens is 2. The van der Waals surface area contributed by atoms with Crippen molar-refractivity contribution in [3.8, 4) is 11.4 Å². The number of aromatic amines is 2. The lowest BCUT2D eigenvalue weighted by molar-refractivity contribution is 0.270. The highest BCUT2D eigenvalue weighted by Crippen LogP contribution is 2.28. The normalized spacial score (nSPS) is 11.5. The number of fused-ring (bicyclic) bond motifs is 1. The highest BCUT2D eigenvalue weighted by molar-refractivity contribution is 6.31. The molecule has 0 saturated carbocycles. The second kappa shape index (κ2) is 9.19. The van der Waals surface area contributed by atoms with Crippen molar-refractivity contribution in [1.29, 1.82) is 0 Å². The molecule has 4 heterocycles. The Morgan fingerprint density at radius 1 is 1.17 bits per heavy atom. The molecule has 0 aromatic carbocycles. The lowest BCUT2D eigenvalue weighted by Crippen LogP contribution is -2.30. The zero-order valence-electron chi connectivity index (χ0n) is 16.5. The molecule has 0 aliphatic carbocycles. The van der Waals surface area contributed by atoms with Gasteiger partial charge in [0.05, 0.1) is 17.8 Å². The second-order valence-electron chi connectivity index (χ2n) is 6.88. The molecule has 4 aromatic heterocycles. The smallest absolute Gasteiger partial charge is 0.183 e. The minimum Gasteiger partial charge on any atom is -0.366 e. The number of hydrogen-bond acceptors (Lipinski definition) is 6. The van der Waals surface area contributed by atoms with Gasteiger partial charge in [0.2, 0.25) is 0 Å². The van der Waals surface area contributed by atoms with Crippen molar-refractivity contribution in [3.05, 3.63) is 53.7 Å². The van der Waals surface area contributed by atoms with Gasteiger partial charge in [-0.3, -0.25) is 4.90 Å². The maximum Gasteiger partial charge on any atom is 0.183 e. The van der Waals surface area contributed by atoms with Gasteiger partial charge in [0.15, 0.2) is 17.5 Å². The predicted molar refractivity (Wildman–Crippen MR) is 115 cm³/mol. The second-order valence-corrected chi connectivity index (χ2v) is 7.32. The van der Waals surface area contributed by atoms with Gasteiger partial charge in [-0.2, -0.15) is 0 Å². The van der Waals surface area contributed by atoms with E-state index in [1.54, 1.807) is 24.7 Å². The van der Waals surface area contributed by atoms with E-state index in [4.69, 9.17) is 11.6 Å². The number of hydrogen-bond donors (Lipinski definition) is 3. The van der Waals surface area contributed by atoms with E-state index in [9.17, 15) is 4.39 Å². The predicted octanol–water partition coefficient (Wildman–Crippen LogP) is 3.86. The van der Waals surface area contributed by atoms with Gasteiger partial charge in [-0.25, -0.2) is 24.3 Å². The Morgan fingerprint density at radius 2 is 2.07 bits per heavy atom. The molecule has 4 rings (SSSR count). The molecule has 0 unspecified atom stereocenters. The number of aromatic nitrogens is 6. The number of nitrogens with zero attached hydrogens (tertiary/aromatic N) is 5. The van der Waals surface area contributed by atoms with Crippen LogP contribution < -0.4 is 5.32 Å². The van der Waals surface area contributed by atoms with Crippen molar-refractivity contribution < 1.29 is 4.39 Å². The van der Waals surface area contributed by atoms with E-state index in [0.29, 0.717) is 35.1 Å². The number of imidazole rings is 1. The third-order valence-electron chi connectivity index (χ3n) is 4.67. The molecule has 0 spiro atoms. The van der Waals surface area contributed by atoms with Gasteiger partial charge in [-0.05, 0) is 19.0 Å². The van der Waals surface area contributed by atoms with E-state index in [1.807, 2.05) is 6.20 Å². The first-order valence-corrected chi connectivity index (χ1v) is 10.1. The zero-order chi connectivity index (χ0) is 20.9. The molecule has 0 atom stereocenters. The average Bonchev–Trinajstić information content (AvgIpc) is 3.39. The molecule has 8 nitrogen and oxygen atoms in total. The van der Waals surface area contributed by atoms with Crippen LogP contribution in [0.5, 0.6) is 0 Å². The summed E-state index contributed by atoms with van der Waals surface area (Å²) in [5, 5.41) is 4.39. The Morgan fingerprint density at radius 3 is 2.87 bits per heavy atom. The molecule has 10 heteroatoms. The molecule has 0 bridgehead atoms. The molecule has 0 aliphatic rings. The standard InChI is InChI=1S/C20H22ClFN8/c1-2-6-30(12-17-23-3-4-24-17)7-5-25-20-16(22)11-28-19(29-20)15-10-27-18-14(15)8-13(21)9-26-18/h3-4,8-11H,2,5-7,12H2,1H3,(H,23,24)(H,26,27)(H,25,28,29). The first-order valence-electron chi connectivity index (χ1n) is 9.74. The van der Waals surface area contributed by atoms with Crippen LogP contribution >= 0.6 is 11.6 Å². The molecule has 156 valence electrons. The van der Waals surface area contributed by atoms with Gasteiger partial charge in [0, 0.05) is 48.8 Å². The van der Waals surface area contributed by atoms with Gasteiger partial charge >= 0.3 is 0 Å². The molecule has 0 fully saturated rings. The van der Waals surface area contributed by atoms with Crippen LogP contribution in [-0.4, -0.2) is 54.4 Å². The van der Waals surface area contributed by atoms with Crippen molar-refractivity contribution in [2.45, 2.75) is 19.9 Å². The summed E-state index contributed by atoms with van der Waals surface area (Å²) in [4.78, 5) is 25.5. The van der Waals surface area contributed by atoms with Crippen LogP contribution in [0.25, 0.3) is 22.4 Å². The van der Waals surface area contributed by atoms with Crippen molar-refractivity contribution in [1.82, 2.24) is 34.8 Å². The van der Waals surface area contributed by atoms with Gasteiger partial charge in [-0.1, -0.05) is 18.5 Å². The zero-order valence-corrected chi connectivity index (χ0v) is 17.2. The van der Waals surface area contributed by atoms with E-state index in [0.717, 1.165) is 30.7 Å². The van der Waals surface area contributed by atoms with Gasteiger partial charge in [0.25, 0.3) is 0 Å². The van der Waals surface area contributed by atoms with Crippen molar-refractivity contribution in [2.75, 3.05) is 25.0 Å². The number of rotatable bonds is 9. The van der Waals surface area contributed by atoms with Crippen LogP contribution in [0.15, 0.2) is 37.1 Å². The monoisotopic (exact) mass is 428 g/mol. The number of halogens is 2. The minimum atomic E-state index is -0.497. The van der Waals surface area contributed by atoms with Crippen LogP contribution in [0.2, 0.25) is 5.02 Å². The van der Waals surface area contributed by atoms with E-state index in [2.05, 4.69) is 47.0 Å². The fraction of sp³-hybridized carbons (Fsp3) is 0.300. The SMILES string of the molecule is CCCN(CCNc1nc(-c2c[nH]c3ncc(Cl)cc23)ncc1F)Cc1ncc[nH]1. The Bertz CT molecular complexity index is 1110. The molecular weight excluding hydrogens is 407 g/mol. The molecule has 3 N–H and O–H groups in total. The van der Waals surface area contributed by atoms with E-state index in [-0.39, 0.29) is 5.82 Å². The van der Waals surface area contributed by atoms with Gasteiger partial charge < -0.3 is 15.3 Å². The Labute approximate surface area is 177 Å². The lowest BCUT2D eigenvalue weighted by Gasteiger charge is -2.21. The average molecular weight is 429 g/mol. The Balaban J connectivity index is 1.47. The topological polar surface area (TPSA) is 98.4 Å². The Kier molecular flexibility index (Phi) is 6.20. The summed E-state index contributed by atoms with van der Waals surface area (Å²) in [7, 11) is 0. The molecule has 30 heavy (non-hydrogen) atoms. The van der Waals surface area contributed by atoms with Crippen molar-refractivity contribution in [2.24, 2.45) is 0 Å².